The Kier molecular flexibility index (Phi) is 10.3. The van der Waals surface area contributed by atoms with Crippen LogP contribution in [0.15, 0.2) is 235 Å². The summed E-state index contributed by atoms with van der Waals surface area (Å²) in [6.45, 7) is 9.41. The number of benzene rings is 10. The van der Waals surface area contributed by atoms with E-state index in [1.54, 1.807) is 0 Å². The van der Waals surface area contributed by atoms with E-state index in [0.717, 1.165) is 50.1 Å². The zero-order valence-corrected chi connectivity index (χ0v) is 40.7. The maximum atomic E-state index is 6.20. The summed E-state index contributed by atoms with van der Waals surface area (Å²) < 4.78 is 6.20. The summed E-state index contributed by atoms with van der Waals surface area (Å²) in [5.41, 5.74) is 23.7. The van der Waals surface area contributed by atoms with Gasteiger partial charge in [0.15, 0.2) is 0 Å². The Morgan fingerprint density at radius 2 is 0.831 bits per heavy atom. The molecule has 1 heterocycles. The summed E-state index contributed by atoms with van der Waals surface area (Å²) in [6.07, 6.45) is 1.19. The fourth-order valence-electron chi connectivity index (χ4n) is 12.3. The number of furan rings is 1. The zero-order chi connectivity index (χ0) is 47.8. The molecule has 0 saturated carbocycles. The van der Waals surface area contributed by atoms with E-state index in [2.05, 4.69) is 251 Å². The van der Waals surface area contributed by atoms with Crippen molar-refractivity contribution in [1.82, 2.24) is 0 Å². The highest BCUT2D eigenvalue weighted by atomic mass is 16.3. The third-order valence-electron chi connectivity index (χ3n) is 15.6. The minimum atomic E-state index is -0.521. The average molecular weight is 914 g/mol. The van der Waals surface area contributed by atoms with Gasteiger partial charge in [0, 0.05) is 27.8 Å². The first-order valence-electron chi connectivity index (χ1n) is 25.4. The van der Waals surface area contributed by atoms with Crippen LogP contribution in [0, 0.1) is 11.8 Å². The first-order chi connectivity index (χ1) is 34.8. The first-order valence-corrected chi connectivity index (χ1v) is 25.4. The van der Waals surface area contributed by atoms with Gasteiger partial charge < -0.3 is 9.32 Å². The molecule has 342 valence electrons. The van der Waals surface area contributed by atoms with Crippen molar-refractivity contribution in [3.63, 3.8) is 0 Å². The number of anilines is 3. The van der Waals surface area contributed by atoms with Crippen molar-refractivity contribution < 1.29 is 4.42 Å². The fourth-order valence-corrected chi connectivity index (χ4v) is 12.3. The van der Waals surface area contributed by atoms with E-state index in [9.17, 15) is 0 Å². The van der Waals surface area contributed by atoms with Gasteiger partial charge in [-0.2, -0.15) is 0 Å². The molecule has 2 atom stereocenters. The second kappa shape index (κ2) is 17.0. The summed E-state index contributed by atoms with van der Waals surface area (Å²) >= 11 is 0. The van der Waals surface area contributed by atoms with Gasteiger partial charge in [0.05, 0.1) is 5.41 Å². The lowest BCUT2D eigenvalue weighted by Crippen LogP contribution is -2.26. The first kappa shape index (κ1) is 42.9. The van der Waals surface area contributed by atoms with Crippen molar-refractivity contribution >= 4 is 39.0 Å². The van der Waals surface area contributed by atoms with Crippen LogP contribution in [-0.2, 0) is 5.41 Å². The number of hydrogen-bond acceptors (Lipinski definition) is 2. The Morgan fingerprint density at radius 1 is 0.366 bits per heavy atom. The summed E-state index contributed by atoms with van der Waals surface area (Å²) in [5, 5.41) is 2.27. The zero-order valence-electron chi connectivity index (χ0n) is 40.7. The maximum Gasteiger partial charge on any atom is 0.135 e. The van der Waals surface area contributed by atoms with Crippen LogP contribution in [0.4, 0.5) is 17.1 Å². The van der Waals surface area contributed by atoms with Crippen LogP contribution in [0.5, 0.6) is 0 Å². The van der Waals surface area contributed by atoms with E-state index in [-0.39, 0.29) is 0 Å². The largest absolute Gasteiger partial charge is 0.456 e. The number of nitrogens with zero attached hydrogens (tertiary/aromatic N) is 1. The van der Waals surface area contributed by atoms with Crippen molar-refractivity contribution in [2.75, 3.05) is 4.90 Å². The summed E-state index contributed by atoms with van der Waals surface area (Å²) in [6, 6.07) is 85.9. The topological polar surface area (TPSA) is 16.4 Å². The van der Waals surface area contributed by atoms with Crippen molar-refractivity contribution in [1.29, 1.82) is 0 Å². The molecule has 1 aromatic heterocycles. The van der Waals surface area contributed by atoms with Gasteiger partial charge >= 0.3 is 0 Å². The molecule has 2 aliphatic carbocycles. The summed E-state index contributed by atoms with van der Waals surface area (Å²) in [5.74, 6) is 1.78. The van der Waals surface area contributed by atoms with Gasteiger partial charge in [0.25, 0.3) is 0 Å². The van der Waals surface area contributed by atoms with Crippen LogP contribution in [0.2, 0.25) is 0 Å². The van der Waals surface area contributed by atoms with Crippen molar-refractivity contribution in [3.8, 4) is 55.6 Å². The molecule has 2 unspecified atom stereocenters. The van der Waals surface area contributed by atoms with Crippen LogP contribution in [0.1, 0.15) is 67.9 Å². The van der Waals surface area contributed by atoms with E-state index in [4.69, 9.17) is 4.42 Å². The third-order valence-corrected chi connectivity index (χ3v) is 15.6. The Hall–Kier alpha value is -8.20. The van der Waals surface area contributed by atoms with Crippen molar-refractivity contribution in [2.45, 2.75) is 45.4 Å². The minimum absolute atomic E-state index is 0.521. The van der Waals surface area contributed by atoms with Gasteiger partial charge in [-0.25, -0.2) is 0 Å². The number of para-hydroxylation sites is 1. The monoisotopic (exact) mass is 913 g/mol. The van der Waals surface area contributed by atoms with Crippen LogP contribution >= 0.6 is 0 Å². The molecular weight excluding hydrogens is 859 g/mol. The maximum absolute atomic E-state index is 6.20. The van der Waals surface area contributed by atoms with Gasteiger partial charge in [-0.3, -0.25) is 0 Å². The quantitative estimate of drug-likeness (QED) is 0.136. The molecular formula is C69H55NO. The van der Waals surface area contributed by atoms with E-state index in [0.29, 0.717) is 17.8 Å². The lowest BCUT2D eigenvalue weighted by molar-refractivity contribution is 0.408. The number of rotatable bonds is 10. The molecule has 71 heavy (non-hydrogen) atoms. The van der Waals surface area contributed by atoms with Gasteiger partial charge in [-0.05, 0) is 168 Å². The normalized spacial score (nSPS) is 14.8. The molecule has 11 aromatic rings. The molecule has 13 rings (SSSR count). The van der Waals surface area contributed by atoms with Crippen LogP contribution in [-0.4, -0.2) is 0 Å². The predicted octanol–water partition coefficient (Wildman–Crippen LogP) is 19.2. The second-order valence-corrected chi connectivity index (χ2v) is 20.5. The van der Waals surface area contributed by atoms with E-state index in [1.807, 2.05) is 12.1 Å². The molecule has 2 aliphatic rings. The Morgan fingerprint density at radius 3 is 1.48 bits per heavy atom. The molecule has 2 nitrogen and oxygen atoms in total. The van der Waals surface area contributed by atoms with Gasteiger partial charge in [-0.1, -0.05) is 198 Å². The highest BCUT2D eigenvalue weighted by Crippen LogP contribution is 2.64. The van der Waals surface area contributed by atoms with Crippen LogP contribution < -0.4 is 4.90 Å². The average Bonchev–Trinajstić information content (AvgIpc) is 4.05. The standard InChI is InChI=1S/C69H55NO/c1-44(2)40-61(45(3)4)50-24-22-48(23-25-50)52-30-37-58-56-16-8-11-19-63(56)69(65(58)42-52)64-20-12-9-17-57(64)59-38-36-55(43-66(59)69)70(53-32-26-47(27-33-53)46-14-6-5-7-15-46)54-34-28-49(29-35-54)51-31-39-68-62(41-51)60-18-10-13-21-67(60)71-68/h5-39,41-45,61H,40H2,1-4H3. The molecule has 0 bridgehead atoms. The summed E-state index contributed by atoms with van der Waals surface area (Å²) in [7, 11) is 0. The fraction of sp³-hybridized carbons (Fsp3) is 0.130. The molecule has 1 spiro atoms. The van der Waals surface area contributed by atoms with Crippen molar-refractivity contribution in [3.05, 3.63) is 258 Å². The lowest BCUT2D eigenvalue weighted by Gasteiger charge is -2.32. The summed E-state index contributed by atoms with van der Waals surface area (Å²) in [4.78, 5) is 2.44. The van der Waals surface area contributed by atoms with E-state index < -0.39 is 5.41 Å². The number of hydrogen-bond donors (Lipinski definition) is 0. The SMILES string of the molecule is CC(C)CC(c1ccc(-c2ccc3c(c2)C2(c4ccccc4-3)c3ccccc3-c3ccc(N(c4ccc(-c5ccccc5)cc4)c4ccc(-c5ccc6oc7ccccc7c6c5)cc4)cc32)cc1)C(C)C. The molecule has 0 amide bonds. The molecule has 0 fully saturated rings. The van der Waals surface area contributed by atoms with Gasteiger partial charge in [-0.15, -0.1) is 0 Å². The van der Waals surface area contributed by atoms with Crippen LogP contribution in [0.25, 0.3) is 77.6 Å². The molecule has 10 aromatic carbocycles. The minimum Gasteiger partial charge on any atom is -0.456 e. The molecule has 0 radical (unpaired) electrons. The Labute approximate surface area is 417 Å². The molecule has 2 heteroatoms. The molecule has 0 aliphatic heterocycles. The number of fused-ring (bicyclic) bond motifs is 13. The second-order valence-electron chi connectivity index (χ2n) is 20.5. The van der Waals surface area contributed by atoms with Crippen molar-refractivity contribution in [2.24, 2.45) is 11.8 Å². The smallest absolute Gasteiger partial charge is 0.135 e. The van der Waals surface area contributed by atoms with Gasteiger partial charge in [0.2, 0.25) is 0 Å². The molecule has 0 N–H and O–H groups in total. The predicted molar refractivity (Wildman–Crippen MR) is 298 cm³/mol. The van der Waals surface area contributed by atoms with Crippen LogP contribution in [0.3, 0.4) is 0 Å². The Bertz CT molecular complexity index is 3770. The highest BCUT2D eigenvalue weighted by Gasteiger charge is 2.52. The molecule has 0 saturated heterocycles. The Balaban J connectivity index is 0.964. The van der Waals surface area contributed by atoms with E-state index >= 15 is 0 Å². The highest BCUT2D eigenvalue weighted by molar-refractivity contribution is 6.06. The third kappa shape index (κ3) is 6.99. The van der Waals surface area contributed by atoms with Gasteiger partial charge in [0.1, 0.15) is 11.2 Å². The lowest BCUT2D eigenvalue weighted by atomic mass is 9.70. The van der Waals surface area contributed by atoms with E-state index in [1.165, 1.54) is 78.7 Å².